The molecule has 0 atom stereocenters. The van der Waals surface area contributed by atoms with E-state index in [0.717, 1.165) is 23.8 Å². The molecule has 3 heteroatoms. The van der Waals surface area contributed by atoms with Gasteiger partial charge in [0.05, 0.1) is 18.4 Å². The van der Waals surface area contributed by atoms with Crippen LogP contribution in [0.25, 0.3) is 11.0 Å². The second-order valence-corrected chi connectivity index (χ2v) is 5.30. The minimum Gasteiger partial charge on any atom is -0.493 e. The van der Waals surface area contributed by atoms with E-state index in [1.54, 1.807) is 19.3 Å². The topological polar surface area (TPSA) is 39.4 Å². The Kier molecular flexibility index (Phi) is 4.24. The van der Waals surface area contributed by atoms with E-state index in [4.69, 9.17) is 9.15 Å². The summed E-state index contributed by atoms with van der Waals surface area (Å²) in [4.78, 5) is 11.8. The van der Waals surface area contributed by atoms with Crippen LogP contribution in [0.2, 0.25) is 0 Å². The average Bonchev–Trinajstić information content (AvgIpc) is 2.99. The van der Waals surface area contributed by atoms with Gasteiger partial charge in [-0.2, -0.15) is 0 Å². The Morgan fingerprint density at radius 3 is 2.73 bits per heavy atom. The van der Waals surface area contributed by atoms with Gasteiger partial charge in [-0.15, -0.1) is 0 Å². The molecule has 112 valence electrons. The van der Waals surface area contributed by atoms with Gasteiger partial charge in [0, 0.05) is 11.5 Å². The van der Waals surface area contributed by atoms with Crippen LogP contribution in [0.5, 0.6) is 5.75 Å². The minimum atomic E-state index is 0.00107. The molecule has 0 amide bonds. The number of benzene rings is 2. The van der Waals surface area contributed by atoms with Crippen LogP contribution in [0, 0.1) is 0 Å². The summed E-state index contributed by atoms with van der Waals surface area (Å²) < 4.78 is 11.2. The van der Waals surface area contributed by atoms with Crippen molar-refractivity contribution in [1.82, 2.24) is 0 Å². The molecule has 0 saturated heterocycles. The van der Waals surface area contributed by atoms with E-state index in [2.05, 4.69) is 12.1 Å². The van der Waals surface area contributed by atoms with Crippen LogP contribution >= 0.6 is 0 Å². The van der Waals surface area contributed by atoms with E-state index in [-0.39, 0.29) is 5.78 Å². The maximum Gasteiger partial charge on any atom is 0.163 e. The molecule has 1 heterocycles. The van der Waals surface area contributed by atoms with E-state index in [1.807, 2.05) is 30.3 Å². The second kappa shape index (κ2) is 6.48. The predicted molar refractivity (Wildman–Crippen MR) is 86.5 cm³/mol. The van der Waals surface area contributed by atoms with Crippen molar-refractivity contribution in [3.8, 4) is 5.75 Å². The van der Waals surface area contributed by atoms with Crippen LogP contribution in [0.1, 0.15) is 29.3 Å². The van der Waals surface area contributed by atoms with Crippen LogP contribution in [0.4, 0.5) is 0 Å². The van der Waals surface area contributed by atoms with Crippen molar-refractivity contribution in [3.63, 3.8) is 0 Å². The van der Waals surface area contributed by atoms with Crippen molar-refractivity contribution in [3.05, 3.63) is 65.9 Å². The highest BCUT2D eigenvalue weighted by Crippen LogP contribution is 2.27. The number of carbonyl (C=O) groups excluding carboxylic acids is 1. The number of ether oxygens (including phenoxy) is 1. The number of Topliss-reactive ketones (excluding diaryl/α,β-unsaturated/α-hetero) is 1. The first-order valence-electron chi connectivity index (χ1n) is 7.43. The van der Waals surface area contributed by atoms with Crippen molar-refractivity contribution >= 4 is 16.8 Å². The molecule has 0 aliphatic carbocycles. The number of hydrogen-bond donors (Lipinski definition) is 0. The molecular formula is C19H18O3. The molecule has 0 bridgehead atoms. The monoisotopic (exact) mass is 294 g/mol. The summed E-state index contributed by atoms with van der Waals surface area (Å²) in [6.45, 7) is 2.12. The van der Waals surface area contributed by atoms with E-state index >= 15 is 0 Å². The van der Waals surface area contributed by atoms with Gasteiger partial charge in [-0.25, -0.2) is 0 Å². The summed E-state index contributed by atoms with van der Waals surface area (Å²) in [5.74, 6) is 0.601. The molecule has 0 saturated carbocycles. The summed E-state index contributed by atoms with van der Waals surface area (Å²) in [6, 6.07) is 15.8. The fraction of sp³-hybridized carbons (Fsp3) is 0.211. The summed E-state index contributed by atoms with van der Waals surface area (Å²) >= 11 is 0. The van der Waals surface area contributed by atoms with Crippen LogP contribution in [-0.2, 0) is 6.42 Å². The fourth-order valence-corrected chi connectivity index (χ4v) is 2.49. The zero-order valence-corrected chi connectivity index (χ0v) is 12.5. The smallest absolute Gasteiger partial charge is 0.163 e. The van der Waals surface area contributed by atoms with Gasteiger partial charge in [0.25, 0.3) is 0 Å². The molecule has 0 spiro atoms. The van der Waals surface area contributed by atoms with Gasteiger partial charge >= 0.3 is 0 Å². The van der Waals surface area contributed by atoms with Gasteiger partial charge in [-0.05, 0) is 37.5 Å². The lowest BCUT2D eigenvalue weighted by molar-refractivity contribution is 0.101. The second-order valence-electron chi connectivity index (χ2n) is 5.30. The number of hydrogen-bond acceptors (Lipinski definition) is 3. The summed E-state index contributed by atoms with van der Waals surface area (Å²) in [5, 5.41) is 0.918. The molecule has 0 aliphatic rings. The van der Waals surface area contributed by atoms with Gasteiger partial charge in [0.2, 0.25) is 0 Å². The van der Waals surface area contributed by atoms with Crippen LogP contribution in [0.3, 0.4) is 0 Å². The largest absolute Gasteiger partial charge is 0.493 e. The highest BCUT2D eigenvalue weighted by molar-refractivity contribution is 6.00. The zero-order chi connectivity index (χ0) is 15.4. The SMILES string of the molecule is CC(=O)c1cc2ccoc2cc1OCCCc1ccccc1. The summed E-state index contributed by atoms with van der Waals surface area (Å²) in [5.41, 5.74) is 2.64. The third kappa shape index (κ3) is 3.19. The predicted octanol–water partition coefficient (Wildman–Crippen LogP) is 4.65. The highest BCUT2D eigenvalue weighted by Gasteiger charge is 2.12. The fourth-order valence-electron chi connectivity index (χ4n) is 2.49. The Morgan fingerprint density at radius 2 is 1.95 bits per heavy atom. The van der Waals surface area contributed by atoms with Gasteiger partial charge in [0.1, 0.15) is 11.3 Å². The van der Waals surface area contributed by atoms with Crippen LogP contribution < -0.4 is 4.74 Å². The molecular weight excluding hydrogens is 276 g/mol. The normalized spacial score (nSPS) is 10.8. The Bertz CT molecular complexity index is 772. The molecule has 3 nitrogen and oxygen atoms in total. The maximum absolute atomic E-state index is 11.8. The summed E-state index contributed by atoms with van der Waals surface area (Å²) in [7, 11) is 0. The lowest BCUT2D eigenvalue weighted by Gasteiger charge is -2.10. The minimum absolute atomic E-state index is 0.00107. The van der Waals surface area contributed by atoms with Gasteiger partial charge < -0.3 is 9.15 Å². The molecule has 3 aromatic rings. The quantitative estimate of drug-likeness (QED) is 0.491. The first-order valence-corrected chi connectivity index (χ1v) is 7.43. The number of carbonyl (C=O) groups is 1. The third-order valence-corrected chi connectivity index (χ3v) is 3.64. The van der Waals surface area contributed by atoms with E-state index in [9.17, 15) is 4.79 Å². The Hall–Kier alpha value is -2.55. The van der Waals surface area contributed by atoms with Gasteiger partial charge in [-0.1, -0.05) is 30.3 Å². The lowest BCUT2D eigenvalue weighted by atomic mass is 10.1. The zero-order valence-electron chi connectivity index (χ0n) is 12.5. The third-order valence-electron chi connectivity index (χ3n) is 3.64. The molecule has 0 radical (unpaired) electrons. The summed E-state index contributed by atoms with van der Waals surface area (Å²) in [6.07, 6.45) is 3.48. The Morgan fingerprint density at radius 1 is 1.14 bits per heavy atom. The number of fused-ring (bicyclic) bond motifs is 1. The van der Waals surface area contributed by atoms with Crippen molar-refractivity contribution in [1.29, 1.82) is 0 Å². The number of furan rings is 1. The number of ketones is 1. The standard InChI is InChI=1S/C19H18O3/c1-14(20)17-12-16-9-11-22-18(16)13-19(17)21-10-5-8-15-6-3-2-4-7-15/h2-4,6-7,9,11-13H,5,8,10H2,1H3. The van der Waals surface area contributed by atoms with E-state index in [0.29, 0.717) is 17.9 Å². The van der Waals surface area contributed by atoms with Crippen LogP contribution in [0.15, 0.2) is 59.2 Å². The van der Waals surface area contributed by atoms with Crippen molar-refractivity contribution < 1.29 is 13.9 Å². The number of rotatable bonds is 6. The number of aryl methyl sites for hydroxylation is 1. The molecule has 0 unspecified atom stereocenters. The molecule has 0 N–H and O–H groups in total. The molecule has 0 aliphatic heterocycles. The molecule has 3 rings (SSSR count). The Balaban J connectivity index is 1.67. The van der Waals surface area contributed by atoms with Crippen LogP contribution in [-0.4, -0.2) is 12.4 Å². The lowest BCUT2D eigenvalue weighted by Crippen LogP contribution is -2.04. The molecule has 22 heavy (non-hydrogen) atoms. The van der Waals surface area contributed by atoms with Crippen molar-refractivity contribution in [2.45, 2.75) is 19.8 Å². The highest BCUT2D eigenvalue weighted by atomic mass is 16.5. The molecule has 0 fully saturated rings. The Labute approximate surface area is 129 Å². The van der Waals surface area contributed by atoms with Crippen molar-refractivity contribution in [2.24, 2.45) is 0 Å². The van der Waals surface area contributed by atoms with Gasteiger partial charge in [0.15, 0.2) is 5.78 Å². The van der Waals surface area contributed by atoms with Crippen molar-refractivity contribution in [2.75, 3.05) is 6.61 Å². The van der Waals surface area contributed by atoms with E-state index < -0.39 is 0 Å². The van der Waals surface area contributed by atoms with E-state index in [1.165, 1.54) is 5.56 Å². The molecule has 2 aromatic carbocycles. The average molecular weight is 294 g/mol. The first-order chi connectivity index (χ1) is 10.7. The van der Waals surface area contributed by atoms with Gasteiger partial charge in [-0.3, -0.25) is 4.79 Å². The molecule has 1 aromatic heterocycles. The first kappa shape index (κ1) is 14.4. The maximum atomic E-state index is 11.8.